The number of fused-ring (bicyclic) bond motifs is 1. The third-order valence-electron chi connectivity index (χ3n) is 3.40. The van der Waals surface area contributed by atoms with Gasteiger partial charge in [0.05, 0.1) is 0 Å². The summed E-state index contributed by atoms with van der Waals surface area (Å²) in [5.74, 6) is 0. The van der Waals surface area contributed by atoms with E-state index >= 15 is 0 Å². The Labute approximate surface area is 101 Å². The van der Waals surface area contributed by atoms with Crippen molar-refractivity contribution in [2.24, 2.45) is 5.73 Å². The van der Waals surface area contributed by atoms with Crippen molar-refractivity contribution in [2.45, 2.75) is 25.3 Å². The van der Waals surface area contributed by atoms with Gasteiger partial charge in [0.15, 0.2) is 0 Å². The van der Waals surface area contributed by atoms with Crippen molar-refractivity contribution in [2.75, 3.05) is 0 Å². The van der Waals surface area contributed by atoms with Crippen LogP contribution in [0.5, 0.6) is 0 Å². The molecule has 0 spiro atoms. The van der Waals surface area contributed by atoms with Crippen LogP contribution in [0.25, 0.3) is 11.1 Å². The van der Waals surface area contributed by atoms with E-state index < -0.39 is 0 Å². The Hall–Kier alpha value is -1.74. The zero-order chi connectivity index (χ0) is 11.7. The smallest absolute Gasteiger partial charge is 0.115 e. The largest absolute Gasteiger partial charge is 0.327 e. The number of nitrogens with zero attached hydrogens (tertiary/aromatic N) is 2. The van der Waals surface area contributed by atoms with Gasteiger partial charge in [0.25, 0.3) is 0 Å². The Balaban J connectivity index is 2.12. The number of hydrogen-bond donors (Lipinski definition) is 1. The lowest BCUT2D eigenvalue weighted by Gasteiger charge is -2.23. The van der Waals surface area contributed by atoms with E-state index in [2.05, 4.69) is 28.2 Å². The zero-order valence-electron chi connectivity index (χ0n) is 9.63. The standard InChI is InChI=1S/C14H15N3/c15-12-5-4-10-2-1-3-13(14(10)6-12)11-7-16-9-17-8-11/h1-3,7-9,12H,4-6,15H2. The lowest BCUT2D eigenvalue weighted by atomic mass is 9.84. The van der Waals surface area contributed by atoms with Gasteiger partial charge in [-0.3, -0.25) is 0 Å². The van der Waals surface area contributed by atoms with Gasteiger partial charge in [-0.2, -0.15) is 0 Å². The molecule has 0 radical (unpaired) electrons. The molecule has 86 valence electrons. The SMILES string of the molecule is NC1CCc2cccc(-c3cncnc3)c2C1. The van der Waals surface area contributed by atoms with E-state index in [0.717, 1.165) is 24.8 Å². The van der Waals surface area contributed by atoms with E-state index in [9.17, 15) is 0 Å². The van der Waals surface area contributed by atoms with Crippen LogP contribution in [0.15, 0.2) is 36.9 Å². The topological polar surface area (TPSA) is 51.8 Å². The van der Waals surface area contributed by atoms with Crippen molar-refractivity contribution in [3.05, 3.63) is 48.0 Å². The minimum absolute atomic E-state index is 0.285. The van der Waals surface area contributed by atoms with Gasteiger partial charge in [-0.1, -0.05) is 18.2 Å². The van der Waals surface area contributed by atoms with Crippen molar-refractivity contribution in [1.29, 1.82) is 0 Å². The van der Waals surface area contributed by atoms with Crippen molar-refractivity contribution in [3.8, 4) is 11.1 Å². The maximum Gasteiger partial charge on any atom is 0.115 e. The highest BCUT2D eigenvalue weighted by Crippen LogP contribution is 2.30. The average molecular weight is 225 g/mol. The van der Waals surface area contributed by atoms with Crippen molar-refractivity contribution in [1.82, 2.24) is 9.97 Å². The third-order valence-corrected chi connectivity index (χ3v) is 3.40. The fourth-order valence-electron chi connectivity index (χ4n) is 2.52. The van der Waals surface area contributed by atoms with Crippen LogP contribution in [0.4, 0.5) is 0 Å². The number of rotatable bonds is 1. The van der Waals surface area contributed by atoms with Gasteiger partial charge in [-0.15, -0.1) is 0 Å². The highest BCUT2D eigenvalue weighted by atomic mass is 14.8. The van der Waals surface area contributed by atoms with E-state index in [-0.39, 0.29) is 6.04 Å². The first-order chi connectivity index (χ1) is 8.34. The third kappa shape index (κ3) is 1.94. The molecule has 1 heterocycles. The summed E-state index contributed by atoms with van der Waals surface area (Å²) in [6, 6.07) is 6.73. The van der Waals surface area contributed by atoms with Gasteiger partial charge < -0.3 is 5.73 Å². The summed E-state index contributed by atoms with van der Waals surface area (Å²) in [5, 5.41) is 0. The normalized spacial score (nSPS) is 18.8. The number of aromatic nitrogens is 2. The van der Waals surface area contributed by atoms with E-state index in [1.807, 2.05) is 12.4 Å². The Morgan fingerprint density at radius 2 is 2.00 bits per heavy atom. The van der Waals surface area contributed by atoms with E-state index in [1.54, 1.807) is 6.33 Å². The van der Waals surface area contributed by atoms with Crippen molar-refractivity contribution >= 4 is 0 Å². The van der Waals surface area contributed by atoms with E-state index in [4.69, 9.17) is 5.73 Å². The van der Waals surface area contributed by atoms with Gasteiger partial charge >= 0.3 is 0 Å². The van der Waals surface area contributed by atoms with Crippen LogP contribution in [0, 0.1) is 0 Å². The minimum atomic E-state index is 0.285. The molecule has 1 unspecified atom stereocenters. The lowest BCUT2D eigenvalue weighted by molar-refractivity contribution is 0.577. The maximum atomic E-state index is 6.07. The first-order valence-electron chi connectivity index (χ1n) is 5.96. The predicted octanol–water partition coefficient (Wildman–Crippen LogP) is 1.96. The molecule has 0 aliphatic heterocycles. The average Bonchev–Trinajstić information content (AvgIpc) is 2.39. The molecule has 1 aromatic heterocycles. The van der Waals surface area contributed by atoms with Crippen LogP contribution in [-0.4, -0.2) is 16.0 Å². The molecule has 1 aromatic carbocycles. The molecule has 3 heteroatoms. The molecule has 3 nitrogen and oxygen atoms in total. The second kappa shape index (κ2) is 4.26. The van der Waals surface area contributed by atoms with Crippen LogP contribution < -0.4 is 5.73 Å². The molecule has 0 saturated carbocycles. The van der Waals surface area contributed by atoms with Gasteiger partial charge in [0.1, 0.15) is 6.33 Å². The fourth-order valence-corrected chi connectivity index (χ4v) is 2.52. The monoisotopic (exact) mass is 225 g/mol. The fraction of sp³-hybridized carbons (Fsp3) is 0.286. The second-order valence-electron chi connectivity index (χ2n) is 4.57. The molecule has 1 aliphatic carbocycles. The first kappa shape index (κ1) is 10.4. The number of hydrogen-bond acceptors (Lipinski definition) is 3. The first-order valence-corrected chi connectivity index (χ1v) is 5.96. The van der Waals surface area contributed by atoms with Crippen LogP contribution in [0.3, 0.4) is 0 Å². The molecule has 1 aliphatic rings. The summed E-state index contributed by atoms with van der Waals surface area (Å²) < 4.78 is 0. The summed E-state index contributed by atoms with van der Waals surface area (Å²) in [5.41, 5.74) is 11.2. The molecular formula is C14H15N3. The Kier molecular flexibility index (Phi) is 2.61. The summed E-state index contributed by atoms with van der Waals surface area (Å²) in [6.45, 7) is 0. The second-order valence-corrected chi connectivity index (χ2v) is 4.57. The molecule has 17 heavy (non-hydrogen) atoms. The highest BCUT2D eigenvalue weighted by molar-refractivity contribution is 5.67. The number of benzene rings is 1. The molecule has 0 fully saturated rings. The molecule has 2 aromatic rings. The van der Waals surface area contributed by atoms with Crippen molar-refractivity contribution in [3.63, 3.8) is 0 Å². The Morgan fingerprint density at radius 1 is 1.18 bits per heavy atom. The molecular weight excluding hydrogens is 210 g/mol. The van der Waals surface area contributed by atoms with E-state index in [1.165, 1.54) is 16.7 Å². The van der Waals surface area contributed by atoms with Crippen molar-refractivity contribution < 1.29 is 0 Å². The molecule has 0 amide bonds. The van der Waals surface area contributed by atoms with E-state index in [0.29, 0.717) is 0 Å². The van der Waals surface area contributed by atoms with Crippen LogP contribution in [-0.2, 0) is 12.8 Å². The van der Waals surface area contributed by atoms with Crippen LogP contribution >= 0.6 is 0 Å². The summed E-state index contributed by atoms with van der Waals surface area (Å²) in [4.78, 5) is 8.17. The minimum Gasteiger partial charge on any atom is -0.327 e. The number of nitrogens with two attached hydrogens (primary N) is 1. The zero-order valence-corrected chi connectivity index (χ0v) is 9.63. The molecule has 3 rings (SSSR count). The van der Waals surface area contributed by atoms with Gasteiger partial charge in [0.2, 0.25) is 0 Å². The summed E-state index contributed by atoms with van der Waals surface area (Å²) in [7, 11) is 0. The van der Waals surface area contributed by atoms with Gasteiger partial charge in [-0.05, 0) is 36.0 Å². The molecule has 0 bridgehead atoms. The molecule has 0 saturated heterocycles. The lowest BCUT2D eigenvalue weighted by Crippen LogP contribution is -2.28. The van der Waals surface area contributed by atoms with Gasteiger partial charge in [0, 0.05) is 24.0 Å². The van der Waals surface area contributed by atoms with Gasteiger partial charge in [-0.25, -0.2) is 9.97 Å². The quantitative estimate of drug-likeness (QED) is 0.807. The highest BCUT2D eigenvalue weighted by Gasteiger charge is 2.18. The number of aryl methyl sites for hydroxylation is 1. The predicted molar refractivity (Wildman–Crippen MR) is 67.5 cm³/mol. The Bertz CT molecular complexity index is 522. The molecule has 1 atom stereocenters. The summed E-state index contributed by atoms with van der Waals surface area (Å²) >= 11 is 0. The Morgan fingerprint density at radius 3 is 2.82 bits per heavy atom. The van der Waals surface area contributed by atoms with Crippen LogP contribution in [0.2, 0.25) is 0 Å². The maximum absolute atomic E-state index is 6.07. The molecule has 2 N–H and O–H groups in total. The summed E-state index contributed by atoms with van der Waals surface area (Å²) in [6.07, 6.45) is 8.41. The van der Waals surface area contributed by atoms with Crippen LogP contribution in [0.1, 0.15) is 17.5 Å².